The van der Waals surface area contributed by atoms with Crippen LogP contribution in [0.2, 0.25) is 0 Å². The number of carbonyl (C=O) groups excluding carboxylic acids is 2. The predicted molar refractivity (Wildman–Crippen MR) is 78.0 cm³/mol. The van der Waals surface area contributed by atoms with Gasteiger partial charge in [-0.15, -0.1) is 11.3 Å². The van der Waals surface area contributed by atoms with Crippen molar-refractivity contribution in [3.8, 4) is 0 Å². The number of aryl methyl sites for hydroxylation is 1. The Bertz CT molecular complexity index is 487. The molecule has 7 heteroatoms. The molecule has 1 saturated heterocycles. The van der Waals surface area contributed by atoms with Gasteiger partial charge in [-0.2, -0.15) is 0 Å². The van der Waals surface area contributed by atoms with Gasteiger partial charge in [-0.05, 0) is 19.9 Å². The highest BCUT2D eigenvalue weighted by Crippen LogP contribution is 2.25. The highest BCUT2D eigenvalue weighted by molar-refractivity contribution is 7.14. The van der Waals surface area contributed by atoms with Crippen LogP contribution in [0.25, 0.3) is 0 Å². The molecule has 0 radical (unpaired) electrons. The van der Waals surface area contributed by atoms with Gasteiger partial charge in [0.2, 0.25) is 0 Å². The van der Waals surface area contributed by atoms with E-state index in [9.17, 15) is 9.59 Å². The summed E-state index contributed by atoms with van der Waals surface area (Å²) in [5.41, 5.74) is 6.43. The third-order valence-corrected chi connectivity index (χ3v) is 4.31. The summed E-state index contributed by atoms with van der Waals surface area (Å²) in [5.74, 6) is -0.0155. The van der Waals surface area contributed by atoms with E-state index in [-0.39, 0.29) is 12.0 Å². The molecular weight excluding hydrogens is 278 g/mol. The zero-order chi connectivity index (χ0) is 14.7. The molecule has 110 valence electrons. The molecule has 1 aliphatic rings. The topological polar surface area (TPSA) is 75.9 Å². The Morgan fingerprint density at radius 2 is 1.90 bits per heavy atom. The van der Waals surface area contributed by atoms with Crippen molar-refractivity contribution in [1.82, 2.24) is 9.80 Å². The number of hydrogen-bond donors (Lipinski definition) is 1. The lowest BCUT2D eigenvalue weighted by Crippen LogP contribution is -2.50. The van der Waals surface area contributed by atoms with Gasteiger partial charge in [-0.1, -0.05) is 0 Å². The number of piperazine rings is 1. The van der Waals surface area contributed by atoms with Crippen molar-refractivity contribution in [2.45, 2.75) is 13.8 Å². The molecule has 0 bridgehead atoms. The second-order valence-corrected chi connectivity index (χ2v) is 5.86. The fraction of sp³-hybridized carbons (Fsp3) is 0.538. The Balaban J connectivity index is 1.93. The van der Waals surface area contributed by atoms with Crippen LogP contribution < -0.4 is 5.73 Å². The van der Waals surface area contributed by atoms with Gasteiger partial charge in [0.05, 0.1) is 11.5 Å². The molecule has 2 heterocycles. The quantitative estimate of drug-likeness (QED) is 0.898. The smallest absolute Gasteiger partial charge is 0.409 e. The van der Waals surface area contributed by atoms with Gasteiger partial charge in [-0.3, -0.25) is 4.79 Å². The molecule has 0 saturated carbocycles. The number of rotatable bonds is 2. The summed E-state index contributed by atoms with van der Waals surface area (Å²) >= 11 is 1.41. The van der Waals surface area contributed by atoms with Gasteiger partial charge in [0.1, 0.15) is 0 Å². The van der Waals surface area contributed by atoms with Crippen LogP contribution in [-0.2, 0) is 4.74 Å². The zero-order valence-electron chi connectivity index (χ0n) is 11.7. The molecule has 1 fully saturated rings. The summed E-state index contributed by atoms with van der Waals surface area (Å²) < 4.78 is 4.95. The van der Waals surface area contributed by atoms with Gasteiger partial charge >= 0.3 is 6.09 Å². The molecule has 6 nitrogen and oxygen atoms in total. The second-order valence-electron chi connectivity index (χ2n) is 4.60. The molecule has 0 atom stereocenters. The van der Waals surface area contributed by atoms with Crippen LogP contribution in [-0.4, -0.2) is 54.6 Å². The van der Waals surface area contributed by atoms with Crippen molar-refractivity contribution in [2.24, 2.45) is 0 Å². The Hall–Kier alpha value is -1.76. The van der Waals surface area contributed by atoms with Crippen molar-refractivity contribution >= 4 is 29.0 Å². The van der Waals surface area contributed by atoms with Crippen molar-refractivity contribution < 1.29 is 14.3 Å². The molecule has 1 aromatic heterocycles. The second kappa shape index (κ2) is 6.13. The third kappa shape index (κ3) is 3.04. The average Bonchev–Trinajstić information content (AvgIpc) is 2.78. The minimum atomic E-state index is -0.309. The summed E-state index contributed by atoms with van der Waals surface area (Å²) in [6, 6.07) is 1.72. The molecule has 2 amide bonds. The molecule has 1 aromatic rings. The molecule has 0 unspecified atom stereocenters. The number of carbonyl (C=O) groups is 2. The van der Waals surface area contributed by atoms with Crippen molar-refractivity contribution in [2.75, 3.05) is 38.5 Å². The fourth-order valence-electron chi connectivity index (χ4n) is 2.06. The standard InChI is InChI=1S/C13H19N3O3S/c1-3-19-13(18)16-6-4-15(5-7-16)12(17)11-8-10(14)9(2)20-11/h8H,3-7,14H2,1-2H3. The van der Waals surface area contributed by atoms with E-state index >= 15 is 0 Å². The molecule has 20 heavy (non-hydrogen) atoms. The molecule has 2 rings (SSSR count). The predicted octanol–water partition coefficient (Wildman–Crippen LogP) is 1.55. The Kier molecular flexibility index (Phi) is 4.49. The molecule has 0 aromatic carbocycles. The van der Waals surface area contributed by atoms with Gasteiger partial charge < -0.3 is 20.3 Å². The van der Waals surface area contributed by atoms with Crippen LogP contribution in [0.4, 0.5) is 10.5 Å². The van der Waals surface area contributed by atoms with E-state index in [1.165, 1.54) is 11.3 Å². The van der Waals surface area contributed by atoms with Gasteiger partial charge in [0, 0.05) is 36.7 Å². The van der Waals surface area contributed by atoms with Crippen LogP contribution in [0.15, 0.2) is 6.07 Å². The van der Waals surface area contributed by atoms with E-state index in [0.717, 1.165) is 4.88 Å². The SMILES string of the molecule is CCOC(=O)N1CCN(C(=O)c2cc(N)c(C)s2)CC1. The van der Waals surface area contributed by atoms with Gasteiger partial charge in [-0.25, -0.2) is 4.79 Å². The highest BCUT2D eigenvalue weighted by atomic mass is 32.1. The number of thiophene rings is 1. The Morgan fingerprint density at radius 3 is 2.40 bits per heavy atom. The van der Waals surface area contributed by atoms with E-state index < -0.39 is 0 Å². The molecular formula is C13H19N3O3S. The maximum Gasteiger partial charge on any atom is 0.409 e. The minimum absolute atomic E-state index is 0.0155. The van der Waals surface area contributed by atoms with Gasteiger partial charge in [0.25, 0.3) is 5.91 Å². The van der Waals surface area contributed by atoms with E-state index in [1.54, 1.807) is 22.8 Å². The number of anilines is 1. The zero-order valence-corrected chi connectivity index (χ0v) is 12.5. The number of amides is 2. The number of ether oxygens (including phenoxy) is 1. The summed E-state index contributed by atoms with van der Waals surface area (Å²) in [7, 11) is 0. The van der Waals surface area contributed by atoms with Crippen LogP contribution in [0.1, 0.15) is 21.5 Å². The fourth-order valence-corrected chi connectivity index (χ4v) is 2.97. The van der Waals surface area contributed by atoms with Crippen LogP contribution in [0.3, 0.4) is 0 Å². The normalized spacial score (nSPS) is 15.3. The first-order valence-electron chi connectivity index (χ1n) is 6.59. The van der Waals surface area contributed by atoms with Crippen LogP contribution >= 0.6 is 11.3 Å². The number of nitrogen functional groups attached to an aromatic ring is 1. The molecule has 0 aliphatic carbocycles. The first-order chi connectivity index (χ1) is 9.52. The molecule has 0 spiro atoms. The Labute approximate surface area is 122 Å². The number of hydrogen-bond acceptors (Lipinski definition) is 5. The van der Waals surface area contributed by atoms with Crippen molar-refractivity contribution in [1.29, 1.82) is 0 Å². The minimum Gasteiger partial charge on any atom is -0.450 e. The van der Waals surface area contributed by atoms with Crippen molar-refractivity contribution in [3.05, 3.63) is 15.8 Å². The lowest BCUT2D eigenvalue weighted by molar-refractivity contribution is 0.0574. The lowest BCUT2D eigenvalue weighted by atomic mass is 10.3. The van der Waals surface area contributed by atoms with E-state index in [4.69, 9.17) is 10.5 Å². The third-order valence-electron chi connectivity index (χ3n) is 3.26. The average molecular weight is 297 g/mol. The Morgan fingerprint density at radius 1 is 1.30 bits per heavy atom. The summed E-state index contributed by atoms with van der Waals surface area (Å²) in [6.45, 7) is 6.10. The maximum atomic E-state index is 12.3. The van der Waals surface area contributed by atoms with Crippen LogP contribution in [0.5, 0.6) is 0 Å². The maximum absolute atomic E-state index is 12.3. The monoisotopic (exact) mass is 297 g/mol. The summed E-state index contributed by atoms with van der Waals surface area (Å²) in [4.78, 5) is 28.9. The van der Waals surface area contributed by atoms with E-state index in [1.807, 2.05) is 6.92 Å². The van der Waals surface area contributed by atoms with E-state index in [2.05, 4.69) is 0 Å². The summed E-state index contributed by atoms with van der Waals surface area (Å²) in [5, 5.41) is 0. The first-order valence-corrected chi connectivity index (χ1v) is 7.41. The molecule has 1 aliphatic heterocycles. The number of nitrogens with zero attached hydrogens (tertiary/aromatic N) is 2. The van der Waals surface area contributed by atoms with Crippen molar-refractivity contribution in [3.63, 3.8) is 0 Å². The summed E-state index contributed by atoms with van der Waals surface area (Å²) in [6.07, 6.45) is -0.309. The number of nitrogens with two attached hydrogens (primary N) is 1. The lowest BCUT2D eigenvalue weighted by Gasteiger charge is -2.33. The van der Waals surface area contributed by atoms with E-state index in [0.29, 0.717) is 43.4 Å². The first kappa shape index (κ1) is 14.6. The largest absolute Gasteiger partial charge is 0.450 e. The van der Waals surface area contributed by atoms with Gasteiger partial charge in [0.15, 0.2) is 0 Å². The highest BCUT2D eigenvalue weighted by Gasteiger charge is 2.26. The van der Waals surface area contributed by atoms with Crippen LogP contribution in [0, 0.1) is 6.92 Å². The molecule has 2 N–H and O–H groups in total.